The number of carbonyl (C=O) groups excluding carboxylic acids is 1. The van der Waals surface area contributed by atoms with Crippen LogP contribution in [0.2, 0.25) is 0 Å². The molecule has 0 amide bonds. The largest absolute Gasteiger partial charge is 0.300 e. The Hall–Kier alpha value is -1.16. The molecule has 88 valence electrons. The quantitative estimate of drug-likeness (QED) is 0.807. The SMILES string of the molecule is CC(=O)C(C)Cc1ccc(S(C)(=O)=O)cc1. The van der Waals surface area contributed by atoms with Crippen LogP contribution in [0.15, 0.2) is 29.2 Å². The predicted molar refractivity (Wildman–Crippen MR) is 63.1 cm³/mol. The number of rotatable bonds is 4. The van der Waals surface area contributed by atoms with E-state index in [0.29, 0.717) is 11.3 Å². The van der Waals surface area contributed by atoms with Gasteiger partial charge in [-0.2, -0.15) is 0 Å². The molecule has 0 aliphatic rings. The molecule has 1 aromatic rings. The Morgan fingerprint density at radius 2 is 1.75 bits per heavy atom. The summed E-state index contributed by atoms with van der Waals surface area (Å²) in [6.07, 6.45) is 1.83. The maximum absolute atomic E-state index is 11.2. The second kappa shape index (κ2) is 4.78. The van der Waals surface area contributed by atoms with Crippen LogP contribution in [-0.4, -0.2) is 20.5 Å². The lowest BCUT2D eigenvalue weighted by molar-refractivity contribution is -0.120. The average molecular weight is 240 g/mol. The molecule has 0 aromatic heterocycles. The van der Waals surface area contributed by atoms with Crippen molar-refractivity contribution in [2.45, 2.75) is 25.2 Å². The molecular weight excluding hydrogens is 224 g/mol. The fourth-order valence-corrected chi connectivity index (χ4v) is 2.00. The third kappa shape index (κ3) is 3.45. The van der Waals surface area contributed by atoms with Crippen molar-refractivity contribution in [3.63, 3.8) is 0 Å². The Balaban J connectivity index is 2.84. The smallest absolute Gasteiger partial charge is 0.175 e. The summed E-state index contributed by atoms with van der Waals surface area (Å²) < 4.78 is 22.4. The van der Waals surface area contributed by atoms with Gasteiger partial charge in [0.25, 0.3) is 0 Å². The lowest BCUT2D eigenvalue weighted by atomic mass is 9.98. The molecule has 0 fully saturated rings. The Bertz CT molecular complexity index is 471. The molecule has 0 aliphatic heterocycles. The van der Waals surface area contributed by atoms with Crippen molar-refractivity contribution < 1.29 is 13.2 Å². The van der Waals surface area contributed by atoms with Gasteiger partial charge < -0.3 is 0 Å². The Morgan fingerprint density at radius 1 is 1.25 bits per heavy atom. The highest BCUT2D eigenvalue weighted by Gasteiger charge is 2.10. The number of Topliss-reactive ketones (excluding diaryl/α,β-unsaturated/α-hetero) is 1. The summed E-state index contributed by atoms with van der Waals surface area (Å²) in [5.74, 6) is 0.122. The van der Waals surface area contributed by atoms with E-state index >= 15 is 0 Å². The Morgan fingerprint density at radius 3 is 2.12 bits per heavy atom. The molecular formula is C12H16O3S. The summed E-state index contributed by atoms with van der Waals surface area (Å²) >= 11 is 0. The van der Waals surface area contributed by atoms with Crippen LogP contribution in [0.4, 0.5) is 0 Å². The topological polar surface area (TPSA) is 51.2 Å². The van der Waals surface area contributed by atoms with Crippen molar-refractivity contribution in [1.82, 2.24) is 0 Å². The van der Waals surface area contributed by atoms with Crippen LogP contribution in [0.1, 0.15) is 19.4 Å². The number of hydrogen-bond donors (Lipinski definition) is 0. The van der Waals surface area contributed by atoms with Gasteiger partial charge in [-0.1, -0.05) is 19.1 Å². The summed E-state index contributed by atoms with van der Waals surface area (Å²) in [5, 5.41) is 0. The fraction of sp³-hybridized carbons (Fsp3) is 0.417. The highest BCUT2D eigenvalue weighted by Crippen LogP contribution is 2.13. The first-order valence-electron chi connectivity index (χ1n) is 5.10. The minimum absolute atomic E-state index is 0.0240. The highest BCUT2D eigenvalue weighted by atomic mass is 32.2. The minimum atomic E-state index is -3.13. The summed E-state index contributed by atoms with van der Waals surface area (Å²) in [7, 11) is -3.13. The van der Waals surface area contributed by atoms with Gasteiger partial charge in [0.05, 0.1) is 4.90 Å². The lowest BCUT2D eigenvalue weighted by Gasteiger charge is -2.07. The predicted octanol–water partition coefficient (Wildman–Crippen LogP) is 1.86. The maximum Gasteiger partial charge on any atom is 0.175 e. The molecule has 0 N–H and O–H groups in total. The summed E-state index contributed by atoms with van der Waals surface area (Å²) in [6.45, 7) is 3.43. The van der Waals surface area contributed by atoms with Gasteiger partial charge in [-0.25, -0.2) is 8.42 Å². The van der Waals surface area contributed by atoms with Gasteiger partial charge in [-0.15, -0.1) is 0 Å². The van der Waals surface area contributed by atoms with Crippen LogP contribution in [0.25, 0.3) is 0 Å². The molecule has 4 heteroatoms. The molecule has 0 radical (unpaired) electrons. The number of sulfone groups is 1. The third-order valence-electron chi connectivity index (χ3n) is 2.59. The zero-order valence-corrected chi connectivity index (χ0v) is 10.5. The van der Waals surface area contributed by atoms with Crippen LogP contribution in [-0.2, 0) is 21.1 Å². The molecule has 1 atom stereocenters. The van der Waals surface area contributed by atoms with E-state index in [4.69, 9.17) is 0 Å². The first-order valence-corrected chi connectivity index (χ1v) is 6.99. The van der Waals surface area contributed by atoms with E-state index in [-0.39, 0.29) is 11.7 Å². The Kier molecular flexibility index (Phi) is 3.86. The number of ketones is 1. The van der Waals surface area contributed by atoms with Crippen LogP contribution in [0, 0.1) is 5.92 Å². The lowest BCUT2D eigenvalue weighted by Crippen LogP contribution is -2.09. The van der Waals surface area contributed by atoms with E-state index in [1.54, 1.807) is 31.2 Å². The molecule has 1 unspecified atom stereocenters. The molecule has 0 aliphatic carbocycles. The van der Waals surface area contributed by atoms with Crippen molar-refractivity contribution in [3.05, 3.63) is 29.8 Å². The van der Waals surface area contributed by atoms with Crippen LogP contribution in [0.5, 0.6) is 0 Å². The van der Waals surface area contributed by atoms with E-state index in [0.717, 1.165) is 5.56 Å². The van der Waals surface area contributed by atoms with Crippen molar-refractivity contribution in [1.29, 1.82) is 0 Å². The van der Waals surface area contributed by atoms with Crippen molar-refractivity contribution >= 4 is 15.6 Å². The van der Waals surface area contributed by atoms with Crippen LogP contribution < -0.4 is 0 Å². The highest BCUT2D eigenvalue weighted by molar-refractivity contribution is 7.90. The molecule has 1 aromatic carbocycles. The summed E-state index contributed by atoms with van der Waals surface area (Å²) in [4.78, 5) is 11.4. The maximum atomic E-state index is 11.2. The molecule has 0 saturated heterocycles. The standard InChI is InChI=1S/C12H16O3S/c1-9(10(2)13)8-11-4-6-12(7-5-11)16(3,14)15/h4-7,9H,8H2,1-3H3. The van der Waals surface area contributed by atoms with E-state index < -0.39 is 9.84 Å². The molecule has 3 nitrogen and oxygen atoms in total. The van der Waals surface area contributed by atoms with Crippen molar-refractivity contribution in [2.75, 3.05) is 6.26 Å². The summed E-state index contributed by atoms with van der Waals surface area (Å²) in [6, 6.07) is 6.68. The number of benzene rings is 1. The van der Waals surface area contributed by atoms with Gasteiger partial charge in [0.2, 0.25) is 0 Å². The normalized spacial score (nSPS) is 13.4. The zero-order chi connectivity index (χ0) is 12.3. The molecule has 0 saturated carbocycles. The molecule has 16 heavy (non-hydrogen) atoms. The van der Waals surface area contributed by atoms with Gasteiger partial charge in [0.1, 0.15) is 5.78 Å². The molecule has 0 spiro atoms. The van der Waals surface area contributed by atoms with E-state index in [1.165, 1.54) is 6.26 Å². The minimum Gasteiger partial charge on any atom is -0.300 e. The second-order valence-corrected chi connectivity index (χ2v) is 6.15. The summed E-state index contributed by atoms with van der Waals surface area (Å²) in [5.41, 5.74) is 0.982. The number of carbonyl (C=O) groups is 1. The second-order valence-electron chi connectivity index (χ2n) is 4.13. The van der Waals surface area contributed by atoms with E-state index in [2.05, 4.69) is 0 Å². The Labute approximate surface area is 96.4 Å². The molecule has 0 heterocycles. The van der Waals surface area contributed by atoms with Crippen LogP contribution >= 0.6 is 0 Å². The first kappa shape index (κ1) is 12.9. The monoisotopic (exact) mass is 240 g/mol. The fourth-order valence-electron chi connectivity index (χ4n) is 1.37. The average Bonchev–Trinajstić information content (AvgIpc) is 2.17. The van der Waals surface area contributed by atoms with E-state index in [1.807, 2.05) is 6.92 Å². The van der Waals surface area contributed by atoms with Crippen molar-refractivity contribution in [2.24, 2.45) is 5.92 Å². The third-order valence-corrected chi connectivity index (χ3v) is 3.72. The van der Waals surface area contributed by atoms with Gasteiger partial charge in [0, 0.05) is 12.2 Å². The van der Waals surface area contributed by atoms with Gasteiger partial charge >= 0.3 is 0 Å². The van der Waals surface area contributed by atoms with Crippen LogP contribution in [0.3, 0.4) is 0 Å². The van der Waals surface area contributed by atoms with Gasteiger partial charge in [-0.3, -0.25) is 4.79 Å². The van der Waals surface area contributed by atoms with E-state index in [9.17, 15) is 13.2 Å². The van der Waals surface area contributed by atoms with Crippen molar-refractivity contribution in [3.8, 4) is 0 Å². The zero-order valence-electron chi connectivity index (χ0n) is 9.73. The van der Waals surface area contributed by atoms with Gasteiger partial charge in [0.15, 0.2) is 9.84 Å². The van der Waals surface area contributed by atoms with Gasteiger partial charge in [-0.05, 0) is 31.0 Å². The first-order chi connectivity index (χ1) is 7.30. The molecule has 0 bridgehead atoms. The molecule has 1 rings (SSSR count). The number of hydrogen-bond acceptors (Lipinski definition) is 3.